The summed E-state index contributed by atoms with van der Waals surface area (Å²) in [6.45, 7) is 12.1. The lowest BCUT2D eigenvalue weighted by Gasteiger charge is -2.58. The maximum atomic E-state index is 6.62. The Morgan fingerprint density at radius 1 is 1.06 bits per heavy atom. The molecular formula is C29H33BrN2O. The predicted octanol–water partition coefficient (Wildman–Crippen LogP) is 3.09. The van der Waals surface area contributed by atoms with Gasteiger partial charge in [-0.05, 0) is 23.6 Å². The van der Waals surface area contributed by atoms with Gasteiger partial charge >= 0.3 is 0 Å². The maximum Gasteiger partial charge on any atom is 0.135 e. The first-order valence-electron chi connectivity index (χ1n) is 11.8. The first-order chi connectivity index (χ1) is 15.7. The zero-order valence-corrected chi connectivity index (χ0v) is 20.7. The molecule has 0 saturated carbocycles. The van der Waals surface area contributed by atoms with E-state index in [0.717, 1.165) is 23.1 Å². The van der Waals surface area contributed by atoms with E-state index in [9.17, 15) is 0 Å². The number of rotatable bonds is 8. The number of halogens is 1. The molecule has 4 heteroatoms. The zero-order chi connectivity index (χ0) is 22.0. The lowest BCUT2D eigenvalue weighted by atomic mass is 9.71. The van der Waals surface area contributed by atoms with Crippen molar-refractivity contribution in [2.75, 3.05) is 19.7 Å². The Balaban J connectivity index is 0.00000259. The summed E-state index contributed by atoms with van der Waals surface area (Å²) in [5, 5.41) is 1.20. The second-order valence-corrected chi connectivity index (χ2v) is 9.48. The minimum absolute atomic E-state index is 0. The fraction of sp³-hybridized carbons (Fsp3) is 0.345. The van der Waals surface area contributed by atoms with Gasteiger partial charge in [-0.1, -0.05) is 60.7 Å². The third-order valence-corrected chi connectivity index (χ3v) is 7.75. The van der Waals surface area contributed by atoms with Crippen LogP contribution >= 0.6 is 0 Å². The van der Waals surface area contributed by atoms with E-state index in [1.807, 2.05) is 12.3 Å². The van der Waals surface area contributed by atoms with E-state index in [-0.39, 0.29) is 23.1 Å². The number of hydrogen-bond donors (Lipinski definition) is 0. The second-order valence-electron chi connectivity index (χ2n) is 9.48. The van der Waals surface area contributed by atoms with E-state index in [2.05, 4.69) is 84.9 Å². The Kier molecular flexibility index (Phi) is 7.48. The van der Waals surface area contributed by atoms with E-state index in [1.165, 1.54) is 35.9 Å². The molecule has 3 aliphatic rings. The number of ether oxygens (including phenoxy) is 1. The van der Waals surface area contributed by atoms with Crippen molar-refractivity contribution < 1.29 is 26.2 Å². The van der Waals surface area contributed by atoms with Gasteiger partial charge in [-0.15, -0.1) is 13.2 Å². The molecule has 5 unspecified atom stereocenters. The molecule has 0 N–H and O–H groups in total. The molecule has 3 saturated heterocycles. The lowest BCUT2D eigenvalue weighted by molar-refractivity contribution is -0.985. The van der Waals surface area contributed by atoms with Crippen molar-refractivity contribution in [3.63, 3.8) is 0 Å². The first kappa shape index (κ1) is 23.9. The molecule has 3 aliphatic heterocycles. The number of para-hydroxylation sites is 1. The molecule has 33 heavy (non-hydrogen) atoms. The highest BCUT2D eigenvalue weighted by molar-refractivity contribution is 5.82. The summed E-state index contributed by atoms with van der Waals surface area (Å²) in [5.41, 5.74) is 3.70. The van der Waals surface area contributed by atoms with Crippen molar-refractivity contribution in [2.45, 2.75) is 31.5 Å². The highest BCUT2D eigenvalue weighted by Gasteiger charge is 2.54. The molecule has 6 rings (SSSR count). The fourth-order valence-corrected chi connectivity index (χ4v) is 6.26. The smallest absolute Gasteiger partial charge is 0.135 e. The summed E-state index contributed by atoms with van der Waals surface area (Å²) in [5.74, 6) is 1.27. The molecule has 4 heterocycles. The number of pyridine rings is 1. The molecule has 172 valence electrons. The molecular weight excluding hydrogens is 472 g/mol. The average molecular weight is 506 g/mol. The molecule has 0 spiro atoms. The second kappa shape index (κ2) is 10.3. The summed E-state index contributed by atoms with van der Waals surface area (Å²) < 4.78 is 7.69. The van der Waals surface area contributed by atoms with E-state index in [4.69, 9.17) is 4.74 Å². The number of piperidine rings is 3. The summed E-state index contributed by atoms with van der Waals surface area (Å²) in [7, 11) is 0. The van der Waals surface area contributed by atoms with Crippen LogP contribution in [0.5, 0.6) is 0 Å². The summed E-state index contributed by atoms with van der Waals surface area (Å²) in [6.07, 6.45) is 8.47. The van der Waals surface area contributed by atoms with E-state index < -0.39 is 0 Å². The van der Waals surface area contributed by atoms with Gasteiger partial charge in [-0.3, -0.25) is 4.98 Å². The Bertz CT molecular complexity index is 1100. The van der Waals surface area contributed by atoms with Crippen molar-refractivity contribution in [1.82, 2.24) is 4.98 Å². The molecule has 3 aromatic rings. The third kappa shape index (κ3) is 4.57. The normalized spacial score (nSPS) is 27.0. The van der Waals surface area contributed by atoms with Crippen LogP contribution in [0.1, 0.15) is 30.1 Å². The highest BCUT2D eigenvalue weighted by atomic mass is 79.9. The Hall–Kier alpha value is -2.27. The summed E-state index contributed by atoms with van der Waals surface area (Å²) in [4.78, 5) is 4.61. The quantitative estimate of drug-likeness (QED) is 0.347. The summed E-state index contributed by atoms with van der Waals surface area (Å²) in [6, 6.07) is 22.0. The average Bonchev–Trinajstić information content (AvgIpc) is 2.85. The number of aromatic nitrogens is 1. The van der Waals surface area contributed by atoms with Gasteiger partial charge in [-0.2, -0.15) is 0 Å². The number of fused-ring (bicyclic) bond motifs is 4. The minimum atomic E-state index is 0. The molecule has 2 aromatic carbocycles. The minimum Gasteiger partial charge on any atom is -1.00 e. The van der Waals surface area contributed by atoms with Crippen LogP contribution in [0.15, 0.2) is 92.2 Å². The SMILES string of the molecule is C=CCOC(c1ccnc2ccccc12)C1CC2CC[N+]1(Cc1ccccc1)CC2C=C.[Br-]. The number of hydrogen-bond acceptors (Lipinski definition) is 2. The van der Waals surface area contributed by atoms with Crippen molar-refractivity contribution in [3.8, 4) is 0 Å². The van der Waals surface area contributed by atoms with E-state index in [1.54, 1.807) is 0 Å². The lowest BCUT2D eigenvalue weighted by Crippen LogP contribution is -3.00. The molecule has 3 fully saturated rings. The van der Waals surface area contributed by atoms with Gasteiger partial charge in [0.05, 0.1) is 25.2 Å². The van der Waals surface area contributed by atoms with Crippen LogP contribution in [0.25, 0.3) is 10.9 Å². The Labute approximate surface area is 208 Å². The van der Waals surface area contributed by atoms with Crippen LogP contribution < -0.4 is 17.0 Å². The van der Waals surface area contributed by atoms with E-state index in [0.29, 0.717) is 24.5 Å². The van der Waals surface area contributed by atoms with Crippen LogP contribution in [0.2, 0.25) is 0 Å². The molecule has 5 atom stereocenters. The van der Waals surface area contributed by atoms with Gasteiger partial charge in [0.2, 0.25) is 0 Å². The summed E-state index contributed by atoms with van der Waals surface area (Å²) >= 11 is 0. The third-order valence-electron chi connectivity index (χ3n) is 7.75. The predicted molar refractivity (Wildman–Crippen MR) is 131 cm³/mol. The highest BCUT2D eigenvalue weighted by Crippen LogP contribution is 2.49. The monoisotopic (exact) mass is 504 g/mol. The van der Waals surface area contributed by atoms with Crippen LogP contribution in [0, 0.1) is 11.8 Å². The number of quaternary nitrogens is 1. The van der Waals surface area contributed by atoms with Crippen molar-refractivity contribution in [3.05, 3.63) is 103 Å². The molecule has 2 bridgehead atoms. The van der Waals surface area contributed by atoms with Crippen LogP contribution in [-0.4, -0.2) is 35.2 Å². The fourth-order valence-electron chi connectivity index (χ4n) is 6.26. The molecule has 0 radical (unpaired) electrons. The van der Waals surface area contributed by atoms with Gasteiger partial charge in [0.25, 0.3) is 0 Å². The van der Waals surface area contributed by atoms with Crippen molar-refractivity contribution in [1.29, 1.82) is 0 Å². The van der Waals surface area contributed by atoms with Gasteiger partial charge in [-0.25, -0.2) is 0 Å². The van der Waals surface area contributed by atoms with Crippen molar-refractivity contribution in [2.24, 2.45) is 11.8 Å². The van der Waals surface area contributed by atoms with Crippen molar-refractivity contribution >= 4 is 10.9 Å². The van der Waals surface area contributed by atoms with Gasteiger partial charge < -0.3 is 26.2 Å². The Morgan fingerprint density at radius 3 is 2.64 bits per heavy atom. The van der Waals surface area contributed by atoms with Crippen LogP contribution in [0.4, 0.5) is 0 Å². The topological polar surface area (TPSA) is 22.1 Å². The molecule has 0 aliphatic carbocycles. The number of benzene rings is 2. The Morgan fingerprint density at radius 2 is 1.85 bits per heavy atom. The molecule has 1 aromatic heterocycles. The van der Waals surface area contributed by atoms with Gasteiger partial charge in [0, 0.05) is 35.9 Å². The first-order valence-corrected chi connectivity index (χ1v) is 11.8. The zero-order valence-electron chi connectivity index (χ0n) is 19.2. The molecule has 3 nitrogen and oxygen atoms in total. The standard InChI is InChI=1S/C29H33N2O.BrH/c1-3-18-32-29(26-14-16-30-27-13-9-8-12-25(26)27)28-19-24-15-17-31(28,21-23(24)4-2)20-22-10-6-5-7-11-22;/h3-14,16,23-24,28-29H,1-2,15,17-21H2;1H/q+1;/p-1. The largest absolute Gasteiger partial charge is 1.00 e. The van der Waals surface area contributed by atoms with Crippen LogP contribution in [0.3, 0.4) is 0 Å². The van der Waals surface area contributed by atoms with Crippen LogP contribution in [-0.2, 0) is 11.3 Å². The van der Waals surface area contributed by atoms with E-state index >= 15 is 0 Å². The van der Waals surface area contributed by atoms with Gasteiger partial charge in [0.15, 0.2) is 0 Å². The van der Waals surface area contributed by atoms with Gasteiger partial charge in [0.1, 0.15) is 18.7 Å². The number of nitrogens with zero attached hydrogens (tertiary/aromatic N) is 2. The molecule has 0 amide bonds. The maximum absolute atomic E-state index is 6.62.